The van der Waals surface area contributed by atoms with Gasteiger partial charge in [0.25, 0.3) is 5.91 Å². The number of carbonyl (C=O) groups excluding carboxylic acids is 2. The second-order valence-corrected chi connectivity index (χ2v) is 6.77. The minimum atomic E-state index is -0.113. The lowest BCUT2D eigenvalue weighted by molar-refractivity contribution is -0.132. The third kappa shape index (κ3) is 4.68. The van der Waals surface area contributed by atoms with Crippen LogP contribution in [0.4, 0.5) is 0 Å². The van der Waals surface area contributed by atoms with Crippen molar-refractivity contribution in [3.8, 4) is 5.75 Å². The van der Waals surface area contributed by atoms with Crippen LogP contribution in [0.2, 0.25) is 0 Å². The highest BCUT2D eigenvalue weighted by atomic mass is 79.9. The van der Waals surface area contributed by atoms with E-state index in [-0.39, 0.29) is 18.3 Å². The lowest BCUT2D eigenvalue weighted by Gasteiger charge is -2.16. The molecule has 2 aromatic rings. The highest BCUT2D eigenvalue weighted by molar-refractivity contribution is 9.10. The molecule has 0 aliphatic heterocycles. The topological polar surface area (TPSA) is 46.6 Å². The van der Waals surface area contributed by atoms with Crippen molar-refractivity contribution in [2.45, 2.75) is 13.5 Å². The van der Waals surface area contributed by atoms with Gasteiger partial charge in [0.05, 0.1) is 6.54 Å². The number of ketones is 1. The van der Waals surface area contributed by atoms with Gasteiger partial charge in [0.1, 0.15) is 5.75 Å². The highest BCUT2D eigenvalue weighted by Gasteiger charge is 2.11. The first kappa shape index (κ1) is 16.7. The number of ether oxygens (including phenoxy) is 1. The van der Waals surface area contributed by atoms with Crippen molar-refractivity contribution in [1.82, 2.24) is 4.90 Å². The quantitative estimate of drug-likeness (QED) is 0.715. The normalized spacial score (nSPS) is 10.3. The molecule has 0 spiro atoms. The van der Waals surface area contributed by atoms with E-state index < -0.39 is 0 Å². The lowest BCUT2D eigenvalue weighted by atomic mass is 10.1. The van der Waals surface area contributed by atoms with Gasteiger partial charge in [-0.2, -0.15) is 0 Å². The zero-order valence-corrected chi connectivity index (χ0v) is 14.7. The van der Waals surface area contributed by atoms with E-state index in [1.165, 1.54) is 6.92 Å². The molecule has 0 unspecified atom stereocenters. The molecular formula is C16H16BrNO3S. The van der Waals surface area contributed by atoms with E-state index in [0.29, 0.717) is 17.9 Å². The summed E-state index contributed by atoms with van der Waals surface area (Å²) in [5.41, 5.74) is 0.571. The average molecular weight is 382 g/mol. The smallest absolute Gasteiger partial charge is 0.260 e. The number of carbonyl (C=O) groups is 2. The predicted molar refractivity (Wildman–Crippen MR) is 90.4 cm³/mol. The standard InChI is InChI=1S/C16H16BrNO3S/c1-11(19)12-4-3-5-14(6-12)21-9-16(20)18(2)8-15-7-13(17)10-22-15/h3-7,10H,8-9H2,1-2H3. The van der Waals surface area contributed by atoms with Gasteiger partial charge in [0.2, 0.25) is 0 Å². The maximum absolute atomic E-state index is 12.1. The van der Waals surface area contributed by atoms with E-state index in [4.69, 9.17) is 4.74 Å². The first-order chi connectivity index (χ1) is 10.5. The Morgan fingerprint density at radius 1 is 1.32 bits per heavy atom. The molecule has 2 rings (SSSR count). The summed E-state index contributed by atoms with van der Waals surface area (Å²) in [7, 11) is 1.74. The van der Waals surface area contributed by atoms with Crippen LogP contribution in [0.5, 0.6) is 5.75 Å². The van der Waals surface area contributed by atoms with Crippen LogP contribution in [-0.2, 0) is 11.3 Å². The third-order valence-corrected chi connectivity index (χ3v) is 4.73. The van der Waals surface area contributed by atoms with Crippen LogP contribution in [0, 0.1) is 0 Å². The number of rotatable bonds is 6. The molecule has 1 aromatic carbocycles. The zero-order chi connectivity index (χ0) is 16.1. The van der Waals surface area contributed by atoms with E-state index in [2.05, 4.69) is 15.9 Å². The molecule has 0 N–H and O–H groups in total. The molecule has 6 heteroatoms. The molecule has 0 saturated carbocycles. The second-order valence-electron chi connectivity index (χ2n) is 4.85. The molecule has 0 bridgehead atoms. The van der Waals surface area contributed by atoms with Crippen molar-refractivity contribution < 1.29 is 14.3 Å². The summed E-state index contributed by atoms with van der Waals surface area (Å²) >= 11 is 4.99. The molecule has 1 amide bonds. The maximum atomic E-state index is 12.1. The van der Waals surface area contributed by atoms with E-state index in [1.807, 2.05) is 11.4 Å². The minimum Gasteiger partial charge on any atom is -0.484 e. The number of likely N-dealkylation sites (N-methyl/N-ethyl adjacent to an activating group) is 1. The van der Waals surface area contributed by atoms with Gasteiger partial charge in [-0.1, -0.05) is 12.1 Å². The Morgan fingerprint density at radius 3 is 2.73 bits per heavy atom. The Bertz CT molecular complexity index is 684. The van der Waals surface area contributed by atoms with Crippen LogP contribution < -0.4 is 4.74 Å². The summed E-state index contributed by atoms with van der Waals surface area (Å²) in [5, 5.41) is 1.98. The van der Waals surface area contributed by atoms with Gasteiger partial charge in [0, 0.05) is 27.3 Å². The molecule has 0 radical (unpaired) electrons. The van der Waals surface area contributed by atoms with Crippen LogP contribution in [0.25, 0.3) is 0 Å². The second kappa shape index (κ2) is 7.56. The van der Waals surface area contributed by atoms with Crippen molar-refractivity contribution >= 4 is 39.0 Å². The number of benzene rings is 1. The van der Waals surface area contributed by atoms with E-state index in [0.717, 1.165) is 9.35 Å². The molecule has 1 aromatic heterocycles. The Kier molecular flexibility index (Phi) is 5.74. The fraction of sp³-hybridized carbons (Fsp3) is 0.250. The van der Waals surface area contributed by atoms with Crippen molar-refractivity contribution in [3.05, 3.63) is 50.6 Å². The van der Waals surface area contributed by atoms with Crippen molar-refractivity contribution in [1.29, 1.82) is 0 Å². The fourth-order valence-electron chi connectivity index (χ4n) is 1.82. The Morgan fingerprint density at radius 2 is 2.09 bits per heavy atom. The Labute approximate surface area is 141 Å². The molecule has 22 heavy (non-hydrogen) atoms. The van der Waals surface area contributed by atoms with Crippen molar-refractivity contribution in [2.75, 3.05) is 13.7 Å². The molecule has 0 aliphatic carbocycles. The number of Topliss-reactive ketones (excluding diaryl/α,β-unsaturated/α-hetero) is 1. The van der Waals surface area contributed by atoms with E-state index in [9.17, 15) is 9.59 Å². The van der Waals surface area contributed by atoms with Gasteiger partial charge < -0.3 is 9.64 Å². The van der Waals surface area contributed by atoms with Crippen LogP contribution >= 0.6 is 27.3 Å². The predicted octanol–water partition coefficient (Wildman–Crippen LogP) is 3.75. The minimum absolute atomic E-state index is 0.0304. The van der Waals surface area contributed by atoms with Crippen LogP contribution in [0.15, 0.2) is 40.2 Å². The number of halogens is 1. The van der Waals surface area contributed by atoms with Crippen LogP contribution in [-0.4, -0.2) is 30.2 Å². The molecule has 0 saturated heterocycles. The molecule has 4 nitrogen and oxygen atoms in total. The Hall–Kier alpha value is -1.66. The maximum Gasteiger partial charge on any atom is 0.260 e. The van der Waals surface area contributed by atoms with Crippen molar-refractivity contribution in [2.24, 2.45) is 0 Å². The fourth-order valence-corrected chi connectivity index (χ4v) is 3.32. The molecule has 0 fully saturated rings. The summed E-state index contributed by atoms with van der Waals surface area (Å²) in [5.74, 6) is 0.378. The number of amides is 1. The molecular weight excluding hydrogens is 366 g/mol. The number of nitrogens with zero attached hydrogens (tertiary/aromatic N) is 1. The highest BCUT2D eigenvalue weighted by Crippen LogP contribution is 2.21. The summed E-state index contributed by atoms with van der Waals surface area (Å²) in [6, 6.07) is 8.83. The van der Waals surface area contributed by atoms with Gasteiger partial charge in [-0.05, 0) is 41.1 Å². The van der Waals surface area contributed by atoms with E-state index >= 15 is 0 Å². The number of hydrogen-bond acceptors (Lipinski definition) is 4. The molecule has 0 aliphatic rings. The summed E-state index contributed by atoms with van der Waals surface area (Å²) < 4.78 is 6.49. The summed E-state index contributed by atoms with van der Waals surface area (Å²) in [4.78, 5) is 26.1. The van der Waals surface area contributed by atoms with Crippen LogP contribution in [0.3, 0.4) is 0 Å². The first-order valence-electron chi connectivity index (χ1n) is 6.66. The first-order valence-corrected chi connectivity index (χ1v) is 8.33. The third-order valence-electron chi connectivity index (χ3n) is 3.04. The van der Waals surface area contributed by atoms with E-state index in [1.54, 1.807) is 47.5 Å². The SMILES string of the molecule is CC(=O)c1cccc(OCC(=O)N(C)Cc2cc(Br)cs2)c1. The van der Waals surface area contributed by atoms with Gasteiger partial charge in [-0.25, -0.2) is 0 Å². The lowest BCUT2D eigenvalue weighted by Crippen LogP contribution is -2.30. The van der Waals surface area contributed by atoms with Gasteiger partial charge in [-0.3, -0.25) is 9.59 Å². The average Bonchev–Trinajstić information content (AvgIpc) is 2.90. The molecule has 116 valence electrons. The Balaban J connectivity index is 1.89. The number of hydrogen-bond donors (Lipinski definition) is 0. The molecule has 1 heterocycles. The number of thiophene rings is 1. The largest absolute Gasteiger partial charge is 0.484 e. The molecule has 0 atom stereocenters. The monoisotopic (exact) mass is 381 g/mol. The summed E-state index contributed by atoms with van der Waals surface area (Å²) in [6.07, 6.45) is 0. The van der Waals surface area contributed by atoms with Gasteiger partial charge >= 0.3 is 0 Å². The van der Waals surface area contributed by atoms with Crippen LogP contribution in [0.1, 0.15) is 22.2 Å². The summed E-state index contributed by atoms with van der Waals surface area (Å²) in [6.45, 7) is 1.99. The van der Waals surface area contributed by atoms with Gasteiger partial charge in [-0.15, -0.1) is 11.3 Å². The zero-order valence-electron chi connectivity index (χ0n) is 12.3. The van der Waals surface area contributed by atoms with Crippen molar-refractivity contribution in [3.63, 3.8) is 0 Å². The van der Waals surface area contributed by atoms with Gasteiger partial charge in [0.15, 0.2) is 12.4 Å².